The van der Waals surface area contributed by atoms with Crippen LogP contribution in [-0.4, -0.2) is 47.1 Å². The van der Waals surface area contributed by atoms with Crippen LogP contribution in [0.2, 0.25) is 0 Å². The van der Waals surface area contributed by atoms with Crippen molar-refractivity contribution < 1.29 is 29.4 Å². The van der Waals surface area contributed by atoms with Crippen molar-refractivity contribution >= 4 is 17.3 Å². The summed E-state index contributed by atoms with van der Waals surface area (Å²) in [7, 11) is 0. The number of nitro benzene ring substituents is 1. The van der Waals surface area contributed by atoms with Crippen LogP contribution in [-0.2, 0) is 6.54 Å². The van der Waals surface area contributed by atoms with Gasteiger partial charge < -0.3 is 30.3 Å². The molecular formula is C20H23N3O7. The largest absolute Gasteiger partial charge is 0.454 e. The third kappa shape index (κ3) is 4.78. The Morgan fingerprint density at radius 2 is 1.93 bits per heavy atom. The summed E-state index contributed by atoms with van der Waals surface area (Å²) in [6.45, 7) is 1.60. The molecule has 2 atom stereocenters. The summed E-state index contributed by atoms with van der Waals surface area (Å²) < 4.78 is 10.6. The summed E-state index contributed by atoms with van der Waals surface area (Å²) in [4.78, 5) is 23.4. The molecule has 1 heterocycles. The number of aliphatic hydroxyl groups excluding tert-OH is 2. The van der Waals surface area contributed by atoms with E-state index in [1.54, 1.807) is 25.1 Å². The van der Waals surface area contributed by atoms with Crippen molar-refractivity contribution in [1.82, 2.24) is 5.32 Å². The van der Waals surface area contributed by atoms with Gasteiger partial charge in [-0.25, -0.2) is 0 Å². The van der Waals surface area contributed by atoms with Crippen LogP contribution in [0, 0.1) is 16.0 Å². The molecule has 1 amide bonds. The van der Waals surface area contributed by atoms with E-state index in [4.69, 9.17) is 9.47 Å². The Morgan fingerprint density at radius 3 is 2.63 bits per heavy atom. The van der Waals surface area contributed by atoms with Gasteiger partial charge in [-0.15, -0.1) is 0 Å². The lowest BCUT2D eigenvalue weighted by Crippen LogP contribution is -2.34. The Bertz CT molecular complexity index is 935. The molecule has 0 spiro atoms. The van der Waals surface area contributed by atoms with Crippen LogP contribution < -0.4 is 20.1 Å². The van der Waals surface area contributed by atoms with Crippen molar-refractivity contribution in [2.45, 2.75) is 19.5 Å². The Labute approximate surface area is 172 Å². The summed E-state index contributed by atoms with van der Waals surface area (Å²) >= 11 is 0. The van der Waals surface area contributed by atoms with Crippen molar-refractivity contribution in [2.24, 2.45) is 5.92 Å². The maximum atomic E-state index is 12.8. The maximum Gasteiger partial charge on any atom is 0.270 e. The molecule has 1 aliphatic heterocycles. The number of benzene rings is 2. The molecule has 10 nitrogen and oxygen atoms in total. The maximum absolute atomic E-state index is 12.8. The predicted octanol–water partition coefficient (Wildman–Crippen LogP) is 1.65. The van der Waals surface area contributed by atoms with Gasteiger partial charge in [-0.2, -0.15) is 0 Å². The summed E-state index contributed by atoms with van der Waals surface area (Å²) in [5.41, 5.74) is 0.927. The van der Waals surface area contributed by atoms with Crippen LogP contribution in [0.25, 0.3) is 0 Å². The van der Waals surface area contributed by atoms with E-state index in [0.717, 1.165) is 5.56 Å². The summed E-state index contributed by atoms with van der Waals surface area (Å²) in [6, 6.07) is 8.61. The fourth-order valence-electron chi connectivity index (χ4n) is 2.98. The number of non-ortho nitro benzene ring substituents is 1. The second-order valence-corrected chi connectivity index (χ2v) is 6.95. The summed E-state index contributed by atoms with van der Waals surface area (Å²) in [6.07, 6.45) is 0. The lowest BCUT2D eigenvalue weighted by molar-refractivity contribution is -0.384. The third-order valence-corrected chi connectivity index (χ3v) is 4.86. The molecule has 2 aromatic rings. The molecule has 160 valence electrons. The number of rotatable bonds is 9. The monoisotopic (exact) mass is 417 g/mol. The van der Waals surface area contributed by atoms with Crippen molar-refractivity contribution in [2.75, 3.05) is 25.3 Å². The molecule has 0 fully saturated rings. The van der Waals surface area contributed by atoms with Crippen LogP contribution in [0.1, 0.15) is 22.8 Å². The average Bonchev–Trinajstić information content (AvgIpc) is 3.23. The number of carbonyl (C=O) groups excluding carboxylic acids is 1. The first kappa shape index (κ1) is 21.3. The van der Waals surface area contributed by atoms with E-state index in [1.807, 2.05) is 0 Å². The SMILES string of the molecule is CC(CO)C(CO)Nc1ccc([N+](=O)[O-])cc1C(=O)NCc1ccc2c(c1)OCO2. The summed E-state index contributed by atoms with van der Waals surface area (Å²) in [5.74, 6) is 0.397. The number of fused-ring (bicyclic) bond motifs is 1. The highest BCUT2D eigenvalue weighted by atomic mass is 16.7. The standard InChI is InChI=1S/C20H23N3O7/c1-12(9-24)17(10-25)22-16-4-3-14(23(27)28)7-15(16)20(26)21-8-13-2-5-18-19(6-13)30-11-29-18/h2-7,12,17,22,24-25H,8-11H2,1H3,(H,21,26). The minimum Gasteiger partial charge on any atom is -0.454 e. The van der Waals surface area contributed by atoms with E-state index in [0.29, 0.717) is 17.2 Å². The van der Waals surface area contributed by atoms with E-state index in [9.17, 15) is 25.1 Å². The second kappa shape index (κ2) is 9.42. The number of nitro groups is 1. The Morgan fingerprint density at radius 1 is 1.17 bits per heavy atom. The highest BCUT2D eigenvalue weighted by molar-refractivity contribution is 6.00. The van der Waals surface area contributed by atoms with Crippen molar-refractivity contribution in [3.05, 3.63) is 57.6 Å². The Kier molecular flexibility index (Phi) is 6.70. The Hall–Kier alpha value is -3.37. The van der Waals surface area contributed by atoms with Gasteiger partial charge in [0.25, 0.3) is 11.6 Å². The fourth-order valence-corrected chi connectivity index (χ4v) is 2.98. The van der Waals surface area contributed by atoms with Crippen molar-refractivity contribution in [1.29, 1.82) is 0 Å². The predicted molar refractivity (Wildman–Crippen MR) is 108 cm³/mol. The molecule has 0 aliphatic carbocycles. The summed E-state index contributed by atoms with van der Waals surface area (Å²) in [5, 5.41) is 35.8. The zero-order valence-electron chi connectivity index (χ0n) is 16.3. The zero-order chi connectivity index (χ0) is 21.7. The van der Waals surface area contributed by atoms with E-state index >= 15 is 0 Å². The molecule has 10 heteroatoms. The number of nitrogens with zero attached hydrogens (tertiary/aromatic N) is 1. The van der Waals surface area contributed by atoms with Gasteiger partial charge in [0.2, 0.25) is 6.79 Å². The lowest BCUT2D eigenvalue weighted by atomic mass is 10.0. The second-order valence-electron chi connectivity index (χ2n) is 6.95. The van der Waals surface area contributed by atoms with Gasteiger partial charge in [0.15, 0.2) is 11.5 Å². The fraction of sp³-hybridized carbons (Fsp3) is 0.350. The van der Waals surface area contributed by atoms with E-state index in [1.165, 1.54) is 18.2 Å². The average molecular weight is 417 g/mol. The minimum atomic E-state index is -0.585. The third-order valence-electron chi connectivity index (χ3n) is 4.86. The number of hydrogen-bond donors (Lipinski definition) is 4. The van der Waals surface area contributed by atoms with Crippen molar-refractivity contribution in [3.63, 3.8) is 0 Å². The topological polar surface area (TPSA) is 143 Å². The molecule has 4 N–H and O–H groups in total. The lowest BCUT2D eigenvalue weighted by Gasteiger charge is -2.24. The number of carbonyl (C=O) groups is 1. The smallest absolute Gasteiger partial charge is 0.270 e. The number of hydrogen-bond acceptors (Lipinski definition) is 8. The molecule has 0 aromatic heterocycles. The van der Waals surface area contributed by atoms with E-state index < -0.39 is 16.9 Å². The number of anilines is 1. The number of aliphatic hydroxyl groups is 2. The minimum absolute atomic E-state index is 0.0635. The number of nitrogens with one attached hydrogen (secondary N) is 2. The van der Waals surface area contributed by atoms with Gasteiger partial charge in [-0.1, -0.05) is 13.0 Å². The molecular weight excluding hydrogens is 394 g/mol. The quantitative estimate of drug-likeness (QED) is 0.356. The highest BCUT2D eigenvalue weighted by Gasteiger charge is 2.22. The van der Waals surface area contributed by atoms with Gasteiger partial charge in [0.1, 0.15) is 0 Å². The molecule has 0 saturated carbocycles. The first-order chi connectivity index (χ1) is 14.4. The van der Waals surface area contributed by atoms with Gasteiger partial charge >= 0.3 is 0 Å². The molecule has 0 saturated heterocycles. The molecule has 30 heavy (non-hydrogen) atoms. The van der Waals surface area contributed by atoms with Crippen molar-refractivity contribution in [3.8, 4) is 11.5 Å². The van der Waals surface area contributed by atoms with Crippen LogP contribution in [0.3, 0.4) is 0 Å². The molecule has 0 bridgehead atoms. The van der Waals surface area contributed by atoms with Crippen LogP contribution in [0.15, 0.2) is 36.4 Å². The molecule has 3 rings (SSSR count). The number of ether oxygens (including phenoxy) is 2. The van der Waals surface area contributed by atoms with Crippen LogP contribution in [0.4, 0.5) is 11.4 Å². The van der Waals surface area contributed by atoms with Crippen LogP contribution in [0.5, 0.6) is 11.5 Å². The molecule has 2 unspecified atom stereocenters. The van der Waals surface area contributed by atoms with E-state index in [2.05, 4.69) is 10.6 Å². The van der Waals surface area contributed by atoms with Gasteiger partial charge in [0, 0.05) is 36.9 Å². The Balaban J connectivity index is 1.79. The molecule has 0 radical (unpaired) electrons. The van der Waals surface area contributed by atoms with Gasteiger partial charge in [-0.05, 0) is 23.8 Å². The molecule has 2 aromatic carbocycles. The first-order valence-corrected chi connectivity index (χ1v) is 9.36. The van der Waals surface area contributed by atoms with E-state index in [-0.39, 0.29) is 43.7 Å². The van der Waals surface area contributed by atoms with Crippen LogP contribution >= 0.6 is 0 Å². The zero-order valence-corrected chi connectivity index (χ0v) is 16.3. The van der Waals surface area contributed by atoms with Gasteiger partial charge in [-0.3, -0.25) is 14.9 Å². The first-order valence-electron chi connectivity index (χ1n) is 9.36. The molecule has 1 aliphatic rings. The number of amides is 1. The normalized spacial score (nSPS) is 14.1. The highest BCUT2D eigenvalue weighted by Crippen LogP contribution is 2.32. The van der Waals surface area contributed by atoms with Gasteiger partial charge in [0.05, 0.1) is 23.1 Å².